The number of amides is 1. The molecule has 120 valence electrons. The number of furan rings is 1. The summed E-state index contributed by atoms with van der Waals surface area (Å²) in [5, 5.41) is 0. The quantitative estimate of drug-likeness (QED) is 0.746. The zero-order valence-electron chi connectivity index (χ0n) is 13.1. The van der Waals surface area contributed by atoms with Crippen LogP contribution >= 0.6 is 15.9 Å². The van der Waals surface area contributed by atoms with Gasteiger partial charge in [-0.2, -0.15) is 0 Å². The Balaban J connectivity index is 1.50. The van der Waals surface area contributed by atoms with E-state index in [4.69, 9.17) is 4.42 Å². The zero-order chi connectivity index (χ0) is 16.0. The molecule has 0 unspecified atom stereocenters. The van der Waals surface area contributed by atoms with E-state index in [1.54, 1.807) is 6.26 Å². The molecule has 4 rings (SSSR count). The number of hydrogen-bond acceptors (Lipinski definition) is 2. The first-order valence-corrected chi connectivity index (χ1v) is 9.05. The monoisotopic (exact) mass is 373 g/mol. The summed E-state index contributed by atoms with van der Waals surface area (Å²) in [6.45, 7) is 2.08. The van der Waals surface area contributed by atoms with Crippen LogP contribution in [0.15, 0.2) is 51.6 Å². The van der Waals surface area contributed by atoms with Crippen molar-refractivity contribution in [2.24, 2.45) is 5.92 Å². The number of nitrogens with zero attached hydrogens (tertiary/aromatic N) is 1. The van der Waals surface area contributed by atoms with Crippen molar-refractivity contribution in [2.45, 2.75) is 44.2 Å². The standard InChI is InChI=1S/C19H20BrNO2/c1-12(18-3-2-10-23-18)21(15-8-9-15)19(22)17-11-16(17)13-4-6-14(20)7-5-13/h2-7,10,12,15-17H,8-9,11H2,1H3/t12-,16+,17+/m1/s1. The van der Waals surface area contributed by atoms with Gasteiger partial charge in [0.05, 0.1) is 12.3 Å². The highest BCUT2D eigenvalue weighted by Gasteiger charge is 2.49. The van der Waals surface area contributed by atoms with Crippen molar-refractivity contribution in [1.29, 1.82) is 0 Å². The summed E-state index contributed by atoms with van der Waals surface area (Å²) >= 11 is 3.47. The smallest absolute Gasteiger partial charge is 0.227 e. The Hall–Kier alpha value is -1.55. The van der Waals surface area contributed by atoms with Crippen LogP contribution in [0.25, 0.3) is 0 Å². The lowest BCUT2D eigenvalue weighted by Crippen LogP contribution is -2.36. The molecule has 2 aromatic rings. The molecule has 1 heterocycles. The van der Waals surface area contributed by atoms with Crippen LogP contribution in [0.2, 0.25) is 0 Å². The van der Waals surface area contributed by atoms with Crippen LogP contribution in [0.1, 0.15) is 49.5 Å². The molecule has 1 amide bonds. The van der Waals surface area contributed by atoms with Gasteiger partial charge in [-0.15, -0.1) is 0 Å². The summed E-state index contributed by atoms with van der Waals surface area (Å²) in [5.41, 5.74) is 1.27. The number of benzene rings is 1. The average Bonchev–Trinajstić information content (AvgIpc) is 3.47. The highest BCUT2D eigenvalue weighted by Crippen LogP contribution is 2.50. The maximum absolute atomic E-state index is 13.0. The van der Waals surface area contributed by atoms with Gasteiger partial charge in [0.1, 0.15) is 5.76 Å². The molecule has 4 heteroatoms. The van der Waals surface area contributed by atoms with E-state index >= 15 is 0 Å². The maximum atomic E-state index is 13.0. The normalized spacial score (nSPS) is 24.3. The molecule has 2 saturated carbocycles. The van der Waals surface area contributed by atoms with E-state index < -0.39 is 0 Å². The van der Waals surface area contributed by atoms with Crippen molar-refractivity contribution in [1.82, 2.24) is 4.90 Å². The van der Waals surface area contributed by atoms with E-state index in [1.165, 1.54) is 5.56 Å². The van der Waals surface area contributed by atoms with Gasteiger partial charge in [-0.25, -0.2) is 0 Å². The lowest BCUT2D eigenvalue weighted by atomic mass is 10.1. The molecule has 0 bridgehead atoms. The third-order valence-corrected chi connectivity index (χ3v) is 5.50. The van der Waals surface area contributed by atoms with E-state index in [0.29, 0.717) is 17.9 Å². The van der Waals surface area contributed by atoms with Gasteiger partial charge in [0, 0.05) is 16.4 Å². The summed E-state index contributed by atoms with van der Waals surface area (Å²) in [6.07, 6.45) is 4.89. The molecule has 0 spiro atoms. The third-order valence-electron chi connectivity index (χ3n) is 4.97. The van der Waals surface area contributed by atoms with Gasteiger partial charge >= 0.3 is 0 Å². The number of rotatable bonds is 5. The van der Waals surface area contributed by atoms with E-state index in [9.17, 15) is 4.79 Å². The van der Waals surface area contributed by atoms with Crippen LogP contribution in [0.4, 0.5) is 0 Å². The molecule has 2 fully saturated rings. The fourth-order valence-corrected chi connectivity index (χ4v) is 3.71. The lowest BCUT2D eigenvalue weighted by molar-refractivity contribution is -0.136. The highest BCUT2D eigenvalue weighted by molar-refractivity contribution is 9.10. The van der Waals surface area contributed by atoms with Gasteiger partial charge in [0.25, 0.3) is 0 Å². The van der Waals surface area contributed by atoms with Gasteiger partial charge in [0.2, 0.25) is 5.91 Å². The minimum Gasteiger partial charge on any atom is -0.467 e. The summed E-state index contributed by atoms with van der Waals surface area (Å²) < 4.78 is 6.61. The SMILES string of the molecule is C[C@H](c1ccco1)N(C(=O)[C@H]1C[C@H]1c1ccc(Br)cc1)C1CC1. The topological polar surface area (TPSA) is 33.5 Å². The Kier molecular flexibility index (Phi) is 3.80. The Labute approximate surface area is 144 Å². The molecular formula is C19H20BrNO2. The Morgan fingerprint density at radius 3 is 2.61 bits per heavy atom. The first-order chi connectivity index (χ1) is 11.1. The van der Waals surface area contributed by atoms with E-state index in [-0.39, 0.29) is 12.0 Å². The molecule has 1 aromatic carbocycles. The molecule has 2 aliphatic carbocycles. The molecule has 0 aliphatic heterocycles. The van der Waals surface area contributed by atoms with Crippen molar-refractivity contribution in [3.05, 3.63) is 58.5 Å². The first-order valence-electron chi connectivity index (χ1n) is 8.26. The van der Waals surface area contributed by atoms with Crippen molar-refractivity contribution in [3.8, 4) is 0 Å². The number of carbonyl (C=O) groups is 1. The second-order valence-corrected chi connectivity index (χ2v) is 7.58. The molecule has 3 atom stereocenters. The van der Waals surface area contributed by atoms with Crippen LogP contribution in [0.3, 0.4) is 0 Å². The van der Waals surface area contributed by atoms with Gasteiger partial charge < -0.3 is 9.32 Å². The fourth-order valence-electron chi connectivity index (χ4n) is 3.44. The molecule has 0 saturated heterocycles. The second kappa shape index (κ2) is 5.82. The van der Waals surface area contributed by atoms with Crippen LogP contribution in [-0.4, -0.2) is 16.8 Å². The summed E-state index contributed by atoms with van der Waals surface area (Å²) in [6, 6.07) is 12.6. The molecule has 3 nitrogen and oxygen atoms in total. The molecule has 0 N–H and O–H groups in total. The number of halogens is 1. The zero-order valence-corrected chi connectivity index (χ0v) is 14.7. The van der Waals surface area contributed by atoms with Crippen molar-refractivity contribution in [3.63, 3.8) is 0 Å². The predicted octanol–water partition coefficient (Wildman–Crippen LogP) is 4.90. The van der Waals surface area contributed by atoms with E-state index in [0.717, 1.165) is 29.5 Å². The summed E-state index contributed by atoms with van der Waals surface area (Å²) in [4.78, 5) is 15.1. The van der Waals surface area contributed by atoms with Crippen LogP contribution in [0, 0.1) is 5.92 Å². The van der Waals surface area contributed by atoms with E-state index in [1.807, 2.05) is 12.1 Å². The maximum Gasteiger partial charge on any atom is 0.227 e. The van der Waals surface area contributed by atoms with Crippen molar-refractivity contribution < 1.29 is 9.21 Å². The second-order valence-electron chi connectivity index (χ2n) is 6.67. The summed E-state index contributed by atoms with van der Waals surface area (Å²) in [7, 11) is 0. The highest BCUT2D eigenvalue weighted by atomic mass is 79.9. The Morgan fingerprint density at radius 1 is 1.26 bits per heavy atom. The molecule has 1 aromatic heterocycles. The van der Waals surface area contributed by atoms with Crippen LogP contribution in [-0.2, 0) is 4.79 Å². The third kappa shape index (κ3) is 2.97. The number of carbonyl (C=O) groups excluding carboxylic acids is 1. The van der Waals surface area contributed by atoms with Crippen LogP contribution in [0.5, 0.6) is 0 Å². The Morgan fingerprint density at radius 2 is 2.00 bits per heavy atom. The van der Waals surface area contributed by atoms with Crippen LogP contribution < -0.4 is 0 Å². The summed E-state index contributed by atoms with van der Waals surface area (Å²) in [5.74, 6) is 1.69. The van der Waals surface area contributed by atoms with Gasteiger partial charge in [-0.05, 0) is 61.9 Å². The molecule has 2 aliphatic rings. The largest absolute Gasteiger partial charge is 0.467 e. The van der Waals surface area contributed by atoms with Gasteiger partial charge in [-0.3, -0.25) is 4.79 Å². The minimum absolute atomic E-state index is 0.0242. The van der Waals surface area contributed by atoms with Crippen molar-refractivity contribution in [2.75, 3.05) is 0 Å². The molecular weight excluding hydrogens is 354 g/mol. The van der Waals surface area contributed by atoms with E-state index in [2.05, 4.69) is 52.0 Å². The predicted molar refractivity (Wildman–Crippen MR) is 92.0 cm³/mol. The average molecular weight is 374 g/mol. The lowest BCUT2D eigenvalue weighted by Gasteiger charge is -2.28. The number of hydrogen-bond donors (Lipinski definition) is 0. The van der Waals surface area contributed by atoms with Gasteiger partial charge in [0.15, 0.2) is 0 Å². The first kappa shape index (κ1) is 15.0. The fraction of sp³-hybridized carbons (Fsp3) is 0.421. The minimum atomic E-state index is 0.0242. The molecule has 23 heavy (non-hydrogen) atoms. The molecule has 0 radical (unpaired) electrons. The van der Waals surface area contributed by atoms with Crippen molar-refractivity contribution >= 4 is 21.8 Å². The van der Waals surface area contributed by atoms with Gasteiger partial charge in [-0.1, -0.05) is 28.1 Å². The Bertz CT molecular complexity index is 691.